The van der Waals surface area contributed by atoms with Gasteiger partial charge in [-0.3, -0.25) is 0 Å². The molecule has 6 nitrogen and oxygen atoms in total. The Bertz CT molecular complexity index is 543. The van der Waals surface area contributed by atoms with E-state index in [0.717, 1.165) is 30.8 Å². The Hall–Kier alpha value is -0.540. The van der Waals surface area contributed by atoms with E-state index in [1.807, 2.05) is 5.38 Å². The molecule has 1 aromatic heterocycles. The van der Waals surface area contributed by atoms with E-state index in [1.54, 1.807) is 10.5 Å². The van der Waals surface area contributed by atoms with Crippen LogP contribution in [0.3, 0.4) is 0 Å². The summed E-state index contributed by atoms with van der Waals surface area (Å²) in [4.78, 5) is 4.11. The van der Waals surface area contributed by atoms with Gasteiger partial charge >= 0.3 is 0 Å². The third-order valence-electron chi connectivity index (χ3n) is 3.99. The van der Waals surface area contributed by atoms with E-state index < -0.39 is 10.2 Å². The number of rotatable bonds is 7. The molecule has 2 fully saturated rings. The number of thiazole rings is 1. The van der Waals surface area contributed by atoms with E-state index in [0.29, 0.717) is 12.6 Å². The van der Waals surface area contributed by atoms with Gasteiger partial charge < -0.3 is 5.32 Å². The van der Waals surface area contributed by atoms with Crippen LogP contribution in [-0.4, -0.2) is 42.9 Å². The number of hydrogen-bond acceptors (Lipinski definition) is 5. The highest BCUT2D eigenvalue weighted by atomic mass is 32.2. The Morgan fingerprint density at radius 2 is 2.19 bits per heavy atom. The van der Waals surface area contributed by atoms with Crippen LogP contribution in [0.2, 0.25) is 0 Å². The Balaban J connectivity index is 1.59. The molecule has 1 aromatic rings. The van der Waals surface area contributed by atoms with Crippen molar-refractivity contribution in [2.24, 2.45) is 0 Å². The summed E-state index contributed by atoms with van der Waals surface area (Å²) in [5.74, 6) is 0. The molecule has 1 unspecified atom stereocenters. The first-order chi connectivity index (χ1) is 10.1. The van der Waals surface area contributed by atoms with Crippen LogP contribution in [0.15, 0.2) is 11.6 Å². The molecule has 0 amide bonds. The first-order valence-corrected chi connectivity index (χ1v) is 9.85. The van der Waals surface area contributed by atoms with Crippen LogP contribution in [0.4, 0.5) is 0 Å². The fraction of sp³-hybridized carbons (Fsp3) is 0.769. The number of hydrogen-bond donors (Lipinski definition) is 2. The minimum atomic E-state index is -3.43. The molecule has 1 aliphatic heterocycles. The van der Waals surface area contributed by atoms with Crippen molar-refractivity contribution in [2.75, 3.05) is 13.1 Å². The lowest BCUT2D eigenvalue weighted by molar-refractivity contribution is 0.242. The summed E-state index contributed by atoms with van der Waals surface area (Å²) in [6, 6.07) is 0.688. The second-order valence-electron chi connectivity index (χ2n) is 5.69. The van der Waals surface area contributed by atoms with E-state index in [1.165, 1.54) is 24.2 Å². The van der Waals surface area contributed by atoms with E-state index in [2.05, 4.69) is 15.0 Å². The lowest BCUT2D eigenvalue weighted by Crippen LogP contribution is -2.52. The Labute approximate surface area is 130 Å². The highest BCUT2D eigenvalue weighted by molar-refractivity contribution is 7.87. The first-order valence-electron chi connectivity index (χ1n) is 7.53. The lowest BCUT2D eigenvalue weighted by Gasteiger charge is -2.34. The van der Waals surface area contributed by atoms with Crippen molar-refractivity contribution >= 4 is 21.5 Å². The Kier molecular flexibility index (Phi) is 4.90. The average molecular weight is 330 g/mol. The zero-order chi connectivity index (χ0) is 14.7. The predicted molar refractivity (Wildman–Crippen MR) is 83.2 cm³/mol. The molecule has 0 radical (unpaired) electrons. The molecule has 2 aliphatic rings. The molecule has 1 atom stereocenters. The van der Waals surface area contributed by atoms with Crippen LogP contribution >= 0.6 is 11.3 Å². The summed E-state index contributed by atoms with van der Waals surface area (Å²) in [6.45, 7) is 1.66. The molecule has 8 heteroatoms. The van der Waals surface area contributed by atoms with Crippen molar-refractivity contribution < 1.29 is 8.42 Å². The van der Waals surface area contributed by atoms with Gasteiger partial charge in [0.1, 0.15) is 5.01 Å². The third kappa shape index (κ3) is 4.23. The third-order valence-corrected chi connectivity index (χ3v) is 6.38. The van der Waals surface area contributed by atoms with E-state index in [-0.39, 0.29) is 12.6 Å². The van der Waals surface area contributed by atoms with Gasteiger partial charge in [-0.1, -0.05) is 6.42 Å². The molecule has 0 bridgehead atoms. The maximum atomic E-state index is 12.5. The number of aromatic nitrogens is 1. The van der Waals surface area contributed by atoms with Crippen LogP contribution in [0, 0.1) is 0 Å². The van der Waals surface area contributed by atoms with Gasteiger partial charge in [-0.25, -0.2) is 4.98 Å². The summed E-state index contributed by atoms with van der Waals surface area (Å²) in [5.41, 5.74) is 0. The SMILES string of the molecule is O=S(=O)(NCc1nccs1)N1CCCCC1CNC1CC1. The van der Waals surface area contributed by atoms with Crippen molar-refractivity contribution in [3.63, 3.8) is 0 Å². The molecule has 0 aromatic carbocycles. The molecule has 0 spiro atoms. The zero-order valence-electron chi connectivity index (χ0n) is 12.0. The maximum absolute atomic E-state index is 12.5. The monoisotopic (exact) mass is 330 g/mol. The largest absolute Gasteiger partial charge is 0.312 e. The molecule has 1 saturated heterocycles. The maximum Gasteiger partial charge on any atom is 0.280 e. The minimum absolute atomic E-state index is 0.0770. The van der Waals surface area contributed by atoms with Crippen molar-refractivity contribution in [3.05, 3.63) is 16.6 Å². The first kappa shape index (κ1) is 15.4. The Morgan fingerprint density at radius 1 is 1.33 bits per heavy atom. The van der Waals surface area contributed by atoms with Crippen LogP contribution < -0.4 is 10.0 Å². The number of piperidine rings is 1. The van der Waals surface area contributed by atoms with E-state index in [4.69, 9.17) is 0 Å². The van der Waals surface area contributed by atoms with Crippen molar-refractivity contribution in [3.8, 4) is 0 Å². The zero-order valence-corrected chi connectivity index (χ0v) is 13.6. The summed E-state index contributed by atoms with van der Waals surface area (Å²) in [5, 5.41) is 6.10. The molecule has 1 aliphatic carbocycles. The van der Waals surface area contributed by atoms with E-state index >= 15 is 0 Å². The summed E-state index contributed by atoms with van der Waals surface area (Å²) in [7, 11) is -3.43. The number of nitrogens with zero attached hydrogens (tertiary/aromatic N) is 2. The van der Waals surface area contributed by atoms with Crippen molar-refractivity contribution in [2.45, 2.75) is 50.7 Å². The van der Waals surface area contributed by atoms with Crippen LogP contribution in [0.5, 0.6) is 0 Å². The molecular formula is C13H22N4O2S2. The van der Waals surface area contributed by atoms with Gasteiger partial charge in [0.2, 0.25) is 0 Å². The highest BCUT2D eigenvalue weighted by Gasteiger charge is 2.33. The van der Waals surface area contributed by atoms with E-state index in [9.17, 15) is 8.42 Å². The minimum Gasteiger partial charge on any atom is -0.312 e. The molecule has 21 heavy (non-hydrogen) atoms. The molecular weight excluding hydrogens is 308 g/mol. The normalized spacial score (nSPS) is 24.3. The molecule has 3 rings (SSSR count). The van der Waals surface area contributed by atoms with Crippen LogP contribution in [-0.2, 0) is 16.8 Å². The summed E-state index contributed by atoms with van der Waals surface area (Å²) in [6.07, 6.45) is 7.13. The van der Waals surface area contributed by atoms with Gasteiger partial charge in [0.05, 0.1) is 6.54 Å². The van der Waals surface area contributed by atoms with Gasteiger partial charge in [0, 0.05) is 36.8 Å². The van der Waals surface area contributed by atoms with Crippen molar-refractivity contribution in [1.82, 2.24) is 19.3 Å². The van der Waals surface area contributed by atoms with Gasteiger partial charge in [-0.15, -0.1) is 11.3 Å². The summed E-state index contributed by atoms with van der Waals surface area (Å²) < 4.78 is 29.4. The van der Waals surface area contributed by atoms with Gasteiger partial charge in [-0.2, -0.15) is 17.4 Å². The Morgan fingerprint density at radius 3 is 2.90 bits per heavy atom. The fourth-order valence-corrected chi connectivity index (χ4v) is 4.73. The molecule has 2 N–H and O–H groups in total. The molecule has 1 saturated carbocycles. The quantitative estimate of drug-likeness (QED) is 0.785. The average Bonchev–Trinajstić information content (AvgIpc) is 3.17. The lowest BCUT2D eigenvalue weighted by atomic mass is 10.1. The molecule has 118 valence electrons. The molecule has 2 heterocycles. The van der Waals surface area contributed by atoms with Crippen molar-refractivity contribution in [1.29, 1.82) is 0 Å². The van der Waals surface area contributed by atoms with Crippen LogP contribution in [0.25, 0.3) is 0 Å². The standard InChI is InChI=1S/C13H22N4O2S2/c18-21(19,16-10-13-14-6-8-20-13)17-7-2-1-3-12(17)9-15-11-4-5-11/h6,8,11-12,15-16H,1-5,7,9-10H2. The van der Waals surface area contributed by atoms with Gasteiger partial charge in [0.15, 0.2) is 0 Å². The smallest absolute Gasteiger partial charge is 0.280 e. The predicted octanol–water partition coefficient (Wildman–Crippen LogP) is 1.08. The highest BCUT2D eigenvalue weighted by Crippen LogP contribution is 2.23. The second kappa shape index (κ2) is 6.70. The van der Waals surface area contributed by atoms with Gasteiger partial charge in [-0.05, 0) is 25.7 Å². The van der Waals surface area contributed by atoms with Crippen LogP contribution in [0.1, 0.15) is 37.1 Å². The topological polar surface area (TPSA) is 74.3 Å². The fourth-order valence-electron chi connectivity index (χ4n) is 2.66. The second-order valence-corrected chi connectivity index (χ2v) is 8.38. The van der Waals surface area contributed by atoms with Gasteiger partial charge in [0.25, 0.3) is 10.2 Å². The number of nitrogens with one attached hydrogen (secondary N) is 2. The summed E-state index contributed by atoms with van der Waals surface area (Å²) >= 11 is 1.46.